The van der Waals surface area contributed by atoms with Crippen molar-refractivity contribution in [3.63, 3.8) is 0 Å². The van der Waals surface area contributed by atoms with E-state index in [-0.39, 0.29) is 12.4 Å². The Morgan fingerprint density at radius 1 is 1.19 bits per heavy atom. The Morgan fingerprint density at radius 2 is 1.95 bits per heavy atom. The molecule has 1 amide bonds. The van der Waals surface area contributed by atoms with E-state index in [4.69, 9.17) is 9.15 Å². The number of nitrogens with one attached hydrogen (secondary N) is 1. The van der Waals surface area contributed by atoms with Crippen LogP contribution in [0, 0.1) is 0 Å². The summed E-state index contributed by atoms with van der Waals surface area (Å²) in [4.78, 5) is 24.0. The first-order valence-electron chi connectivity index (χ1n) is 6.75. The SMILES string of the molecule is CCOC(=O)[C@H](Cc1ccccc1)NC(=O)c1ccco1. The highest BCUT2D eigenvalue weighted by molar-refractivity contribution is 5.94. The molecule has 0 unspecified atom stereocenters. The molecule has 0 aliphatic rings. The van der Waals surface area contributed by atoms with Gasteiger partial charge in [0.1, 0.15) is 6.04 Å². The highest BCUT2D eigenvalue weighted by Crippen LogP contribution is 2.07. The summed E-state index contributed by atoms with van der Waals surface area (Å²) in [5, 5.41) is 2.65. The standard InChI is InChI=1S/C16H17NO4/c1-2-20-16(19)13(11-12-7-4-3-5-8-12)17-15(18)14-9-6-10-21-14/h3-10,13H,2,11H2,1H3,(H,17,18)/t13-/m0/s1. The van der Waals surface area contributed by atoms with Gasteiger partial charge in [-0.05, 0) is 24.6 Å². The van der Waals surface area contributed by atoms with Crippen molar-refractivity contribution in [2.75, 3.05) is 6.61 Å². The molecule has 1 heterocycles. The number of carbonyl (C=O) groups excluding carboxylic acids is 2. The molecular weight excluding hydrogens is 270 g/mol. The Bertz CT molecular complexity index is 578. The van der Waals surface area contributed by atoms with Crippen LogP contribution in [0.1, 0.15) is 23.0 Å². The van der Waals surface area contributed by atoms with Gasteiger partial charge in [0.15, 0.2) is 5.76 Å². The van der Waals surface area contributed by atoms with Crippen LogP contribution in [0.25, 0.3) is 0 Å². The quantitative estimate of drug-likeness (QED) is 0.827. The van der Waals surface area contributed by atoms with Crippen LogP contribution in [0.3, 0.4) is 0 Å². The number of hydrogen-bond acceptors (Lipinski definition) is 4. The summed E-state index contributed by atoms with van der Waals surface area (Å²) in [5.41, 5.74) is 0.940. The largest absolute Gasteiger partial charge is 0.464 e. The number of carbonyl (C=O) groups is 2. The lowest BCUT2D eigenvalue weighted by molar-refractivity contribution is -0.145. The molecule has 1 atom stereocenters. The molecule has 0 bridgehead atoms. The van der Waals surface area contributed by atoms with Gasteiger partial charge in [0.25, 0.3) is 5.91 Å². The maximum Gasteiger partial charge on any atom is 0.328 e. The monoisotopic (exact) mass is 287 g/mol. The van der Waals surface area contributed by atoms with E-state index in [1.165, 1.54) is 6.26 Å². The number of rotatable bonds is 6. The van der Waals surface area contributed by atoms with Gasteiger partial charge in [-0.25, -0.2) is 4.79 Å². The van der Waals surface area contributed by atoms with E-state index in [1.54, 1.807) is 19.1 Å². The van der Waals surface area contributed by atoms with Gasteiger partial charge in [-0.15, -0.1) is 0 Å². The van der Waals surface area contributed by atoms with E-state index < -0.39 is 17.9 Å². The van der Waals surface area contributed by atoms with Gasteiger partial charge in [0.2, 0.25) is 0 Å². The number of benzene rings is 1. The molecule has 1 N–H and O–H groups in total. The molecule has 2 rings (SSSR count). The predicted molar refractivity (Wildman–Crippen MR) is 76.7 cm³/mol. The fraction of sp³-hybridized carbons (Fsp3) is 0.250. The number of esters is 1. The van der Waals surface area contributed by atoms with E-state index in [2.05, 4.69) is 5.32 Å². The summed E-state index contributed by atoms with van der Waals surface area (Å²) in [7, 11) is 0. The number of amides is 1. The third kappa shape index (κ3) is 4.21. The second kappa shape index (κ2) is 7.28. The minimum absolute atomic E-state index is 0.164. The fourth-order valence-electron chi connectivity index (χ4n) is 1.92. The minimum atomic E-state index is -0.745. The van der Waals surface area contributed by atoms with Crippen LogP contribution >= 0.6 is 0 Å². The van der Waals surface area contributed by atoms with E-state index in [0.717, 1.165) is 5.56 Å². The molecule has 0 fully saturated rings. The van der Waals surface area contributed by atoms with Crippen molar-refractivity contribution >= 4 is 11.9 Å². The van der Waals surface area contributed by atoms with Crippen molar-refractivity contribution in [1.82, 2.24) is 5.32 Å². The Morgan fingerprint density at radius 3 is 2.57 bits per heavy atom. The van der Waals surface area contributed by atoms with E-state index in [9.17, 15) is 9.59 Å². The van der Waals surface area contributed by atoms with Gasteiger partial charge < -0.3 is 14.5 Å². The molecule has 0 spiro atoms. The number of furan rings is 1. The molecule has 1 aromatic heterocycles. The van der Waals surface area contributed by atoms with Crippen LogP contribution in [0.5, 0.6) is 0 Å². The Hall–Kier alpha value is -2.56. The maximum atomic E-state index is 12.0. The van der Waals surface area contributed by atoms with Crippen molar-refractivity contribution in [3.05, 3.63) is 60.1 Å². The molecule has 0 aliphatic carbocycles. The molecule has 0 radical (unpaired) electrons. The summed E-state index contributed by atoms with van der Waals surface area (Å²) < 4.78 is 10.0. The molecule has 1 aromatic carbocycles. The first-order valence-corrected chi connectivity index (χ1v) is 6.75. The minimum Gasteiger partial charge on any atom is -0.464 e. The van der Waals surface area contributed by atoms with Crippen LogP contribution in [0.15, 0.2) is 53.1 Å². The van der Waals surface area contributed by atoms with Gasteiger partial charge in [-0.1, -0.05) is 30.3 Å². The molecule has 110 valence electrons. The smallest absolute Gasteiger partial charge is 0.328 e. The zero-order valence-corrected chi connectivity index (χ0v) is 11.7. The second-order valence-corrected chi connectivity index (χ2v) is 4.45. The van der Waals surface area contributed by atoms with Crippen molar-refractivity contribution in [3.8, 4) is 0 Å². The molecule has 5 heteroatoms. The van der Waals surface area contributed by atoms with E-state index in [0.29, 0.717) is 6.42 Å². The van der Waals surface area contributed by atoms with Crippen molar-refractivity contribution in [2.24, 2.45) is 0 Å². The summed E-state index contributed by atoms with van der Waals surface area (Å²) in [6.45, 7) is 1.99. The van der Waals surface area contributed by atoms with Crippen molar-refractivity contribution in [1.29, 1.82) is 0 Å². The van der Waals surface area contributed by atoms with Gasteiger partial charge in [-0.3, -0.25) is 4.79 Å². The van der Waals surface area contributed by atoms with E-state index in [1.807, 2.05) is 30.3 Å². The first-order chi connectivity index (χ1) is 10.2. The zero-order chi connectivity index (χ0) is 15.1. The highest BCUT2D eigenvalue weighted by Gasteiger charge is 2.23. The summed E-state index contributed by atoms with van der Waals surface area (Å²) >= 11 is 0. The van der Waals surface area contributed by atoms with Crippen molar-refractivity contribution < 1.29 is 18.7 Å². The molecule has 0 aliphatic heterocycles. The average molecular weight is 287 g/mol. The molecule has 5 nitrogen and oxygen atoms in total. The zero-order valence-electron chi connectivity index (χ0n) is 11.7. The average Bonchev–Trinajstić information content (AvgIpc) is 3.02. The summed E-state index contributed by atoms with van der Waals surface area (Å²) in [6.07, 6.45) is 1.78. The van der Waals surface area contributed by atoms with Gasteiger partial charge in [-0.2, -0.15) is 0 Å². The van der Waals surface area contributed by atoms with Crippen LogP contribution in [-0.2, 0) is 16.0 Å². The van der Waals surface area contributed by atoms with Crippen molar-refractivity contribution in [2.45, 2.75) is 19.4 Å². The first kappa shape index (κ1) is 14.8. The Balaban J connectivity index is 2.08. The van der Waals surface area contributed by atoms with Gasteiger partial charge in [0.05, 0.1) is 12.9 Å². The highest BCUT2D eigenvalue weighted by atomic mass is 16.5. The summed E-state index contributed by atoms with van der Waals surface area (Å²) in [6, 6.07) is 11.9. The normalized spacial score (nSPS) is 11.7. The van der Waals surface area contributed by atoms with Crippen LogP contribution in [0.4, 0.5) is 0 Å². The fourth-order valence-corrected chi connectivity index (χ4v) is 1.92. The summed E-state index contributed by atoms with van der Waals surface area (Å²) in [5.74, 6) is -0.729. The second-order valence-electron chi connectivity index (χ2n) is 4.45. The predicted octanol–water partition coefficient (Wildman–Crippen LogP) is 2.18. The lowest BCUT2D eigenvalue weighted by Gasteiger charge is -2.16. The van der Waals surface area contributed by atoms with Gasteiger partial charge in [0, 0.05) is 6.42 Å². The van der Waals surface area contributed by atoms with Crippen LogP contribution in [-0.4, -0.2) is 24.5 Å². The topological polar surface area (TPSA) is 68.5 Å². The molecule has 21 heavy (non-hydrogen) atoms. The molecule has 0 saturated heterocycles. The molecule has 2 aromatic rings. The Kier molecular flexibility index (Phi) is 5.15. The third-order valence-corrected chi connectivity index (χ3v) is 2.90. The van der Waals surface area contributed by atoms with Crippen LogP contribution < -0.4 is 5.32 Å². The maximum absolute atomic E-state index is 12.0. The van der Waals surface area contributed by atoms with Crippen LogP contribution in [0.2, 0.25) is 0 Å². The third-order valence-electron chi connectivity index (χ3n) is 2.90. The molecule has 0 saturated carbocycles. The van der Waals surface area contributed by atoms with E-state index >= 15 is 0 Å². The number of hydrogen-bond donors (Lipinski definition) is 1. The lowest BCUT2D eigenvalue weighted by Crippen LogP contribution is -2.43. The lowest BCUT2D eigenvalue weighted by atomic mass is 10.1. The Labute approximate surface area is 122 Å². The van der Waals surface area contributed by atoms with Gasteiger partial charge >= 0.3 is 5.97 Å². The molecular formula is C16H17NO4. The number of ether oxygens (including phenoxy) is 1.